The minimum absolute atomic E-state index is 0.354. The largest absolute Gasteiger partial charge is 0.366 e. The number of hydrogen-bond donors (Lipinski definition) is 1. The van der Waals surface area contributed by atoms with Crippen LogP contribution in [-0.4, -0.2) is 5.91 Å². The maximum absolute atomic E-state index is 11.5. The Morgan fingerprint density at radius 1 is 1.00 bits per heavy atom. The highest BCUT2D eigenvalue weighted by molar-refractivity contribution is 5.97. The molecule has 2 aromatic carbocycles. The topological polar surface area (TPSA) is 43.1 Å². The summed E-state index contributed by atoms with van der Waals surface area (Å²) in [6, 6.07) is 12.2. The van der Waals surface area contributed by atoms with Crippen molar-refractivity contribution in [2.45, 2.75) is 20.8 Å². The molecule has 0 fully saturated rings. The summed E-state index contributed by atoms with van der Waals surface area (Å²) in [7, 11) is 0. The molecule has 0 bridgehead atoms. The molecule has 2 N–H and O–H groups in total. The third-order valence-electron chi connectivity index (χ3n) is 3.43. The molecule has 2 heteroatoms. The summed E-state index contributed by atoms with van der Waals surface area (Å²) in [5.41, 5.74) is 11.4. The lowest BCUT2D eigenvalue weighted by Gasteiger charge is -2.15. The smallest absolute Gasteiger partial charge is 0.249 e. The molecule has 0 aliphatic heterocycles. The summed E-state index contributed by atoms with van der Waals surface area (Å²) in [6.07, 6.45) is 0. The summed E-state index contributed by atoms with van der Waals surface area (Å²) in [6.45, 7) is 5.91. The van der Waals surface area contributed by atoms with Crippen LogP contribution in [0.4, 0.5) is 0 Å². The van der Waals surface area contributed by atoms with E-state index in [0.717, 1.165) is 27.8 Å². The zero-order chi connectivity index (χ0) is 13.3. The van der Waals surface area contributed by atoms with Crippen LogP contribution in [0.2, 0.25) is 0 Å². The van der Waals surface area contributed by atoms with Crippen molar-refractivity contribution in [2.24, 2.45) is 5.73 Å². The lowest BCUT2D eigenvalue weighted by Crippen LogP contribution is -2.15. The lowest BCUT2D eigenvalue weighted by molar-refractivity contribution is 0.0999. The van der Waals surface area contributed by atoms with Gasteiger partial charge in [-0.3, -0.25) is 4.79 Å². The van der Waals surface area contributed by atoms with Crippen LogP contribution in [-0.2, 0) is 0 Å². The Hall–Kier alpha value is -2.09. The van der Waals surface area contributed by atoms with Crippen molar-refractivity contribution >= 4 is 5.91 Å². The predicted octanol–water partition coefficient (Wildman–Crippen LogP) is 3.38. The van der Waals surface area contributed by atoms with Gasteiger partial charge in [0, 0.05) is 5.56 Å². The quantitative estimate of drug-likeness (QED) is 0.857. The van der Waals surface area contributed by atoms with Crippen LogP contribution in [0.3, 0.4) is 0 Å². The van der Waals surface area contributed by atoms with Gasteiger partial charge in [0.2, 0.25) is 5.91 Å². The van der Waals surface area contributed by atoms with Crippen LogP contribution >= 0.6 is 0 Å². The molecule has 0 saturated heterocycles. The number of primary amides is 1. The Morgan fingerprint density at radius 2 is 1.61 bits per heavy atom. The van der Waals surface area contributed by atoms with E-state index in [2.05, 4.69) is 12.1 Å². The molecule has 0 saturated carbocycles. The van der Waals surface area contributed by atoms with Crippen LogP contribution in [0.1, 0.15) is 27.0 Å². The Balaban J connectivity index is 2.70. The molecule has 1 amide bonds. The molecule has 18 heavy (non-hydrogen) atoms. The first-order valence-corrected chi connectivity index (χ1v) is 5.98. The third kappa shape index (κ3) is 2.02. The van der Waals surface area contributed by atoms with Gasteiger partial charge in [0.15, 0.2) is 0 Å². The first kappa shape index (κ1) is 12.4. The van der Waals surface area contributed by atoms with E-state index in [4.69, 9.17) is 5.73 Å². The SMILES string of the molecule is Cc1cc(-c2ccccc2)c(C)c(C)c1C(N)=O. The van der Waals surface area contributed by atoms with Crippen molar-refractivity contribution in [2.75, 3.05) is 0 Å². The molecule has 0 aliphatic rings. The Labute approximate surface area is 107 Å². The van der Waals surface area contributed by atoms with Crippen LogP contribution in [0, 0.1) is 20.8 Å². The summed E-state index contributed by atoms with van der Waals surface area (Å²) in [4.78, 5) is 11.5. The second-order valence-corrected chi connectivity index (χ2v) is 4.60. The van der Waals surface area contributed by atoms with E-state index < -0.39 is 0 Å². The highest BCUT2D eigenvalue weighted by Gasteiger charge is 2.14. The summed E-state index contributed by atoms with van der Waals surface area (Å²) in [5.74, 6) is -0.354. The number of carbonyl (C=O) groups is 1. The molecule has 0 unspecified atom stereocenters. The van der Waals surface area contributed by atoms with Crippen LogP contribution < -0.4 is 5.73 Å². The second-order valence-electron chi connectivity index (χ2n) is 4.60. The fourth-order valence-corrected chi connectivity index (χ4v) is 2.38. The minimum atomic E-state index is -0.354. The summed E-state index contributed by atoms with van der Waals surface area (Å²) < 4.78 is 0. The molecule has 0 aliphatic carbocycles. The number of amides is 1. The minimum Gasteiger partial charge on any atom is -0.366 e. The number of benzene rings is 2. The van der Waals surface area contributed by atoms with E-state index in [-0.39, 0.29) is 5.91 Å². The third-order valence-corrected chi connectivity index (χ3v) is 3.43. The van der Waals surface area contributed by atoms with Crippen molar-refractivity contribution in [3.05, 3.63) is 58.7 Å². The van der Waals surface area contributed by atoms with Gasteiger partial charge in [0.1, 0.15) is 0 Å². The van der Waals surface area contributed by atoms with E-state index in [1.807, 2.05) is 45.0 Å². The highest BCUT2D eigenvalue weighted by atomic mass is 16.1. The first-order chi connectivity index (χ1) is 8.52. The number of nitrogens with two attached hydrogens (primary N) is 1. The summed E-state index contributed by atoms with van der Waals surface area (Å²) >= 11 is 0. The Morgan fingerprint density at radius 3 is 2.17 bits per heavy atom. The van der Waals surface area contributed by atoms with E-state index in [1.165, 1.54) is 0 Å². The van der Waals surface area contributed by atoms with Gasteiger partial charge >= 0.3 is 0 Å². The van der Waals surface area contributed by atoms with Gasteiger partial charge in [-0.1, -0.05) is 36.4 Å². The first-order valence-electron chi connectivity index (χ1n) is 5.98. The van der Waals surface area contributed by atoms with Crippen molar-refractivity contribution in [1.82, 2.24) is 0 Å². The number of hydrogen-bond acceptors (Lipinski definition) is 1. The Kier molecular flexibility index (Phi) is 3.19. The Bertz CT molecular complexity index is 600. The molecular weight excluding hydrogens is 222 g/mol. The molecule has 2 nitrogen and oxygen atoms in total. The predicted molar refractivity (Wildman–Crippen MR) is 74.6 cm³/mol. The molecule has 0 atom stereocenters. The van der Waals surface area contributed by atoms with E-state index in [9.17, 15) is 4.79 Å². The number of rotatable bonds is 2. The molecule has 0 heterocycles. The van der Waals surface area contributed by atoms with Crippen molar-refractivity contribution in [3.8, 4) is 11.1 Å². The zero-order valence-electron chi connectivity index (χ0n) is 10.9. The van der Waals surface area contributed by atoms with Crippen molar-refractivity contribution in [1.29, 1.82) is 0 Å². The van der Waals surface area contributed by atoms with Gasteiger partial charge in [-0.15, -0.1) is 0 Å². The average Bonchev–Trinajstić information content (AvgIpc) is 2.34. The number of carbonyl (C=O) groups excluding carboxylic acids is 1. The van der Waals surface area contributed by atoms with Gasteiger partial charge in [-0.05, 0) is 48.6 Å². The second kappa shape index (κ2) is 4.65. The molecule has 0 aromatic heterocycles. The standard InChI is InChI=1S/C16H17NO/c1-10-9-14(13-7-5-4-6-8-13)11(2)12(3)15(10)16(17)18/h4-9H,1-3H3,(H2,17,18). The fourth-order valence-electron chi connectivity index (χ4n) is 2.38. The van der Waals surface area contributed by atoms with E-state index in [1.54, 1.807) is 0 Å². The van der Waals surface area contributed by atoms with Gasteiger partial charge in [-0.25, -0.2) is 0 Å². The van der Waals surface area contributed by atoms with Crippen molar-refractivity contribution < 1.29 is 4.79 Å². The van der Waals surface area contributed by atoms with Gasteiger partial charge in [0.05, 0.1) is 0 Å². The lowest BCUT2D eigenvalue weighted by atomic mass is 9.90. The van der Waals surface area contributed by atoms with Crippen LogP contribution in [0.5, 0.6) is 0 Å². The summed E-state index contributed by atoms with van der Waals surface area (Å²) in [5, 5.41) is 0. The average molecular weight is 239 g/mol. The van der Waals surface area contributed by atoms with E-state index in [0.29, 0.717) is 5.56 Å². The van der Waals surface area contributed by atoms with Crippen LogP contribution in [0.15, 0.2) is 36.4 Å². The van der Waals surface area contributed by atoms with Gasteiger partial charge < -0.3 is 5.73 Å². The highest BCUT2D eigenvalue weighted by Crippen LogP contribution is 2.29. The van der Waals surface area contributed by atoms with Gasteiger partial charge in [0.25, 0.3) is 0 Å². The van der Waals surface area contributed by atoms with E-state index >= 15 is 0 Å². The zero-order valence-corrected chi connectivity index (χ0v) is 10.9. The van der Waals surface area contributed by atoms with Crippen molar-refractivity contribution in [3.63, 3.8) is 0 Å². The van der Waals surface area contributed by atoms with Gasteiger partial charge in [-0.2, -0.15) is 0 Å². The molecule has 0 radical (unpaired) electrons. The fraction of sp³-hybridized carbons (Fsp3) is 0.188. The molecular formula is C16H17NO. The molecule has 2 rings (SSSR count). The van der Waals surface area contributed by atoms with Crippen LogP contribution in [0.25, 0.3) is 11.1 Å². The number of aryl methyl sites for hydroxylation is 1. The normalized spacial score (nSPS) is 10.4. The molecule has 0 spiro atoms. The molecule has 92 valence electrons. The molecule has 2 aromatic rings. The maximum atomic E-state index is 11.5. The monoisotopic (exact) mass is 239 g/mol. The maximum Gasteiger partial charge on any atom is 0.249 e.